The maximum absolute atomic E-state index is 4.82. The number of rotatable bonds is 8. The number of guanidine groups is 1. The number of nitrogens with one attached hydrogen (secondary N) is 3. The lowest BCUT2D eigenvalue weighted by atomic mass is 10.1. The van der Waals surface area contributed by atoms with Gasteiger partial charge in [0, 0.05) is 36.2 Å². The smallest absolute Gasteiger partial charge is 0.191 e. The summed E-state index contributed by atoms with van der Waals surface area (Å²) in [5.74, 6) is 1.75. The van der Waals surface area contributed by atoms with E-state index in [0.29, 0.717) is 6.04 Å². The van der Waals surface area contributed by atoms with Crippen LogP contribution in [-0.2, 0) is 6.42 Å². The van der Waals surface area contributed by atoms with Crippen LogP contribution in [0.3, 0.4) is 0 Å². The highest BCUT2D eigenvalue weighted by molar-refractivity contribution is 14.0. The molecule has 0 saturated heterocycles. The second-order valence-electron chi connectivity index (χ2n) is 7.12. The van der Waals surface area contributed by atoms with Crippen LogP contribution in [0, 0.1) is 5.92 Å². The molecule has 0 radical (unpaired) electrons. The number of H-pyrrole nitrogens is 1. The second kappa shape index (κ2) is 10.2. The summed E-state index contributed by atoms with van der Waals surface area (Å²) < 4.78 is 0. The van der Waals surface area contributed by atoms with Crippen molar-refractivity contribution in [3.63, 3.8) is 0 Å². The van der Waals surface area contributed by atoms with Gasteiger partial charge in [-0.3, -0.25) is 4.99 Å². The summed E-state index contributed by atoms with van der Waals surface area (Å²) >= 11 is 0. The summed E-state index contributed by atoms with van der Waals surface area (Å²) in [5, 5.41) is 8.16. The molecular formula is C20H32IN5. The Kier molecular flexibility index (Phi) is 8.21. The lowest BCUT2D eigenvalue weighted by Crippen LogP contribution is -2.40. The number of benzene rings is 1. The molecule has 1 aromatic heterocycles. The highest BCUT2D eigenvalue weighted by Crippen LogP contribution is 2.34. The molecule has 0 spiro atoms. The standard InChI is InChI=1S/C20H31N5.HI/c1-4-21-20(24-14-19(25(2)3)15-9-10-15)22-12-11-16-13-23-18-8-6-5-7-17(16)18;/h5-8,13,15,19,23H,4,9-12,14H2,1-3H3,(H2,21,22,24);1H. The van der Waals surface area contributed by atoms with Gasteiger partial charge in [0.05, 0.1) is 6.54 Å². The van der Waals surface area contributed by atoms with Crippen molar-refractivity contribution in [2.75, 3.05) is 33.7 Å². The largest absolute Gasteiger partial charge is 0.361 e. The Morgan fingerprint density at radius 2 is 2.04 bits per heavy atom. The Labute approximate surface area is 174 Å². The molecule has 1 atom stereocenters. The number of nitrogens with zero attached hydrogens (tertiary/aromatic N) is 2. The molecule has 3 rings (SSSR count). The number of likely N-dealkylation sites (N-methyl/N-ethyl adjacent to an activating group) is 1. The Balaban J connectivity index is 0.00000243. The molecular weight excluding hydrogens is 437 g/mol. The Morgan fingerprint density at radius 3 is 2.73 bits per heavy atom. The fraction of sp³-hybridized carbons (Fsp3) is 0.550. The lowest BCUT2D eigenvalue weighted by molar-refractivity contribution is 0.271. The SMILES string of the molecule is CCNC(=NCC(C1CC1)N(C)C)NCCc1c[nH]c2ccccc12.I. The molecule has 1 saturated carbocycles. The first-order valence-electron chi connectivity index (χ1n) is 9.42. The Morgan fingerprint density at radius 1 is 1.27 bits per heavy atom. The van der Waals surface area contributed by atoms with Crippen LogP contribution in [-0.4, -0.2) is 55.6 Å². The van der Waals surface area contributed by atoms with E-state index in [0.717, 1.165) is 37.9 Å². The van der Waals surface area contributed by atoms with Crippen molar-refractivity contribution >= 4 is 40.8 Å². The van der Waals surface area contributed by atoms with Gasteiger partial charge >= 0.3 is 0 Å². The fourth-order valence-electron chi connectivity index (χ4n) is 3.40. The van der Waals surface area contributed by atoms with Crippen molar-refractivity contribution in [1.29, 1.82) is 0 Å². The summed E-state index contributed by atoms with van der Waals surface area (Å²) in [4.78, 5) is 10.5. The molecule has 6 heteroatoms. The number of fused-ring (bicyclic) bond motifs is 1. The molecule has 0 aliphatic heterocycles. The zero-order valence-corrected chi connectivity index (χ0v) is 18.4. The third-order valence-corrected chi connectivity index (χ3v) is 4.97. The van der Waals surface area contributed by atoms with E-state index < -0.39 is 0 Å². The summed E-state index contributed by atoms with van der Waals surface area (Å²) in [5.41, 5.74) is 2.56. The third kappa shape index (κ3) is 5.61. The van der Waals surface area contributed by atoms with Gasteiger partial charge in [-0.05, 0) is 57.8 Å². The van der Waals surface area contributed by atoms with Crippen molar-refractivity contribution < 1.29 is 0 Å². The quantitative estimate of drug-likeness (QED) is 0.316. The first kappa shape index (κ1) is 21.0. The van der Waals surface area contributed by atoms with E-state index in [4.69, 9.17) is 4.99 Å². The van der Waals surface area contributed by atoms with Gasteiger partial charge in [-0.2, -0.15) is 0 Å². The van der Waals surface area contributed by atoms with E-state index >= 15 is 0 Å². The van der Waals surface area contributed by atoms with Crippen LogP contribution in [0.15, 0.2) is 35.5 Å². The van der Waals surface area contributed by atoms with Gasteiger partial charge in [-0.15, -0.1) is 24.0 Å². The van der Waals surface area contributed by atoms with Gasteiger partial charge in [-0.25, -0.2) is 0 Å². The van der Waals surface area contributed by atoms with Crippen molar-refractivity contribution in [2.24, 2.45) is 10.9 Å². The Hall–Kier alpha value is -1.28. The summed E-state index contributed by atoms with van der Waals surface area (Å²) in [7, 11) is 4.33. The van der Waals surface area contributed by atoms with Crippen LogP contribution in [0.5, 0.6) is 0 Å². The molecule has 1 unspecified atom stereocenters. The van der Waals surface area contributed by atoms with E-state index in [1.165, 1.54) is 29.3 Å². The van der Waals surface area contributed by atoms with E-state index in [1.807, 2.05) is 0 Å². The van der Waals surface area contributed by atoms with E-state index in [9.17, 15) is 0 Å². The Bertz CT molecular complexity index is 703. The summed E-state index contributed by atoms with van der Waals surface area (Å²) in [6.45, 7) is 4.74. The van der Waals surface area contributed by atoms with Crippen LogP contribution in [0.2, 0.25) is 0 Å². The summed E-state index contributed by atoms with van der Waals surface area (Å²) in [6.07, 6.45) is 5.80. The van der Waals surface area contributed by atoms with Crippen molar-refractivity contribution in [1.82, 2.24) is 20.5 Å². The van der Waals surface area contributed by atoms with Crippen LogP contribution in [0.1, 0.15) is 25.3 Å². The summed E-state index contributed by atoms with van der Waals surface area (Å²) in [6, 6.07) is 9.02. The molecule has 1 fully saturated rings. The van der Waals surface area contributed by atoms with Gasteiger partial charge in [0.2, 0.25) is 0 Å². The molecule has 1 aliphatic rings. The van der Waals surface area contributed by atoms with Crippen molar-refractivity contribution in [2.45, 2.75) is 32.2 Å². The number of aliphatic imine (C=N–C) groups is 1. The minimum Gasteiger partial charge on any atom is -0.361 e. The maximum atomic E-state index is 4.82. The molecule has 144 valence electrons. The van der Waals surface area contributed by atoms with Crippen LogP contribution in [0.25, 0.3) is 10.9 Å². The second-order valence-corrected chi connectivity index (χ2v) is 7.12. The van der Waals surface area contributed by atoms with Gasteiger partial charge < -0.3 is 20.5 Å². The number of halogens is 1. The van der Waals surface area contributed by atoms with E-state index in [-0.39, 0.29) is 24.0 Å². The number of hydrogen-bond donors (Lipinski definition) is 3. The van der Waals surface area contributed by atoms with E-state index in [2.05, 4.69) is 72.0 Å². The molecule has 2 aromatic rings. The van der Waals surface area contributed by atoms with Crippen molar-refractivity contribution in [3.8, 4) is 0 Å². The zero-order valence-electron chi connectivity index (χ0n) is 16.1. The number of aromatic nitrogens is 1. The number of hydrogen-bond acceptors (Lipinski definition) is 2. The number of aromatic amines is 1. The minimum absolute atomic E-state index is 0. The highest BCUT2D eigenvalue weighted by atomic mass is 127. The first-order valence-corrected chi connectivity index (χ1v) is 9.42. The predicted octanol–water partition coefficient (Wildman–Crippen LogP) is 3.22. The molecule has 0 amide bonds. The minimum atomic E-state index is 0. The molecule has 1 heterocycles. The number of para-hydroxylation sites is 1. The molecule has 3 N–H and O–H groups in total. The zero-order chi connectivity index (χ0) is 17.6. The predicted molar refractivity (Wildman–Crippen MR) is 122 cm³/mol. The van der Waals surface area contributed by atoms with Gasteiger partial charge in [-0.1, -0.05) is 18.2 Å². The lowest BCUT2D eigenvalue weighted by Gasteiger charge is -2.23. The topological polar surface area (TPSA) is 55.5 Å². The van der Waals surface area contributed by atoms with Crippen molar-refractivity contribution in [3.05, 3.63) is 36.0 Å². The van der Waals surface area contributed by atoms with Gasteiger partial charge in [0.1, 0.15) is 0 Å². The van der Waals surface area contributed by atoms with Crippen LogP contribution in [0.4, 0.5) is 0 Å². The normalized spacial score (nSPS) is 15.8. The third-order valence-electron chi connectivity index (χ3n) is 4.97. The first-order chi connectivity index (χ1) is 12.2. The molecule has 5 nitrogen and oxygen atoms in total. The van der Waals surface area contributed by atoms with Gasteiger partial charge in [0.15, 0.2) is 5.96 Å². The average Bonchev–Trinajstić information content (AvgIpc) is 3.35. The maximum Gasteiger partial charge on any atom is 0.191 e. The van der Waals surface area contributed by atoms with Crippen LogP contribution >= 0.6 is 24.0 Å². The molecule has 1 aromatic carbocycles. The van der Waals surface area contributed by atoms with Gasteiger partial charge in [0.25, 0.3) is 0 Å². The highest BCUT2D eigenvalue weighted by Gasteiger charge is 2.32. The molecule has 26 heavy (non-hydrogen) atoms. The van der Waals surface area contributed by atoms with Crippen LogP contribution < -0.4 is 10.6 Å². The molecule has 1 aliphatic carbocycles. The monoisotopic (exact) mass is 469 g/mol. The molecule has 0 bridgehead atoms. The fourth-order valence-corrected chi connectivity index (χ4v) is 3.40. The van der Waals surface area contributed by atoms with E-state index in [1.54, 1.807) is 0 Å². The average molecular weight is 469 g/mol.